The SMILES string of the molecule is CS/N=C1\C(=O)N2C(C(=O)O)=C(CSc3nnnn3C)CSC12. The van der Waals surface area contributed by atoms with Crippen LogP contribution in [0.15, 0.2) is 20.8 Å². The predicted octanol–water partition coefficient (Wildman–Crippen LogP) is 0.275. The van der Waals surface area contributed by atoms with Gasteiger partial charge in [-0.3, -0.25) is 9.69 Å². The van der Waals surface area contributed by atoms with Crippen molar-refractivity contribution >= 4 is 53.1 Å². The second-order valence-corrected chi connectivity index (χ2v) is 7.19. The van der Waals surface area contributed by atoms with Gasteiger partial charge in [0.2, 0.25) is 5.16 Å². The minimum Gasteiger partial charge on any atom is -0.477 e. The number of β-lactam (4-membered cyclic amide) rings is 1. The summed E-state index contributed by atoms with van der Waals surface area (Å²) in [4.78, 5) is 25.1. The molecule has 0 radical (unpaired) electrons. The lowest BCUT2D eigenvalue weighted by Gasteiger charge is -2.44. The monoisotopic (exact) mass is 372 g/mol. The number of aryl methyl sites for hydroxylation is 1. The van der Waals surface area contributed by atoms with Crippen molar-refractivity contribution in [2.75, 3.05) is 17.8 Å². The lowest BCUT2D eigenvalue weighted by molar-refractivity contribution is -0.139. The smallest absolute Gasteiger partial charge is 0.352 e. The third kappa shape index (κ3) is 2.85. The molecule has 2 aliphatic heterocycles. The maximum atomic E-state index is 12.2. The summed E-state index contributed by atoms with van der Waals surface area (Å²) in [5.74, 6) is -0.494. The third-order valence-electron chi connectivity index (χ3n) is 3.25. The molecule has 0 spiro atoms. The summed E-state index contributed by atoms with van der Waals surface area (Å²) < 4.78 is 5.60. The van der Waals surface area contributed by atoms with E-state index in [1.54, 1.807) is 13.3 Å². The Morgan fingerprint density at radius 3 is 2.96 bits per heavy atom. The van der Waals surface area contributed by atoms with Crippen LogP contribution in [0.5, 0.6) is 0 Å². The molecule has 1 unspecified atom stereocenters. The number of carboxylic acids is 1. The molecule has 23 heavy (non-hydrogen) atoms. The highest BCUT2D eigenvalue weighted by Gasteiger charge is 2.51. The fraction of sp³-hybridized carbons (Fsp3) is 0.455. The largest absolute Gasteiger partial charge is 0.477 e. The molecule has 1 fully saturated rings. The standard InChI is InChI=1S/C11H12N6O3S3/c1-16-11(12-14-15-16)23-4-5-3-22-9-6(13-21-2)8(18)17(9)7(5)10(19)20/h9H,3-4H2,1-2H3,(H,19,20)/b13-6+. The van der Waals surface area contributed by atoms with E-state index < -0.39 is 5.97 Å². The van der Waals surface area contributed by atoms with Crippen molar-refractivity contribution in [1.29, 1.82) is 0 Å². The molecule has 3 heterocycles. The molecule has 1 amide bonds. The average Bonchev–Trinajstić information content (AvgIpc) is 2.94. The van der Waals surface area contributed by atoms with Gasteiger partial charge < -0.3 is 5.11 Å². The van der Waals surface area contributed by atoms with E-state index in [4.69, 9.17) is 0 Å². The summed E-state index contributed by atoms with van der Waals surface area (Å²) >= 11 is 4.04. The number of carbonyl (C=O) groups is 2. The highest BCUT2D eigenvalue weighted by Crippen LogP contribution is 2.40. The molecular weight excluding hydrogens is 360 g/mol. The summed E-state index contributed by atoms with van der Waals surface area (Å²) in [6.45, 7) is 0. The van der Waals surface area contributed by atoms with Crippen LogP contribution in [0.25, 0.3) is 0 Å². The molecule has 0 aromatic carbocycles. The summed E-state index contributed by atoms with van der Waals surface area (Å²) in [5, 5.41) is 20.9. The number of thioether (sulfide) groups is 2. The molecule has 0 saturated carbocycles. The van der Waals surface area contributed by atoms with Gasteiger partial charge in [-0.05, 0) is 27.9 Å². The number of hydrogen-bond donors (Lipinski definition) is 1. The number of hydrogen-bond acceptors (Lipinski definition) is 9. The molecule has 12 heteroatoms. The number of rotatable bonds is 5. The molecule has 3 rings (SSSR count). The molecule has 0 bridgehead atoms. The fourth-order valence-electron chi connectivity index (χ4n) is 2.22. The second-order valence-electron chi connectivity index (χ2n) is 4.63. The molecule has 0 aliphatic carbocycles. The summed E-state index contributed by atoms with van der Waals surface area (Å²) in [6.07, 6.45) is 1.77. The van der Waals surface area contributed by atoms with Gasteiger partial charge in [-0.25, -0.2) is 13.9 Å². The minimum absolute atomic E-state index is 0.0569. The topological polar surface area (TPSA) is 114 Å². The Balaban J connectivity index is 1.84. The summed E-state index contributed by atoms with van der Waals surface area (Å²) in [7, 11) is 1.71. The highest BCUT2D eigenvalue weighted by molar-refractivity contribution is 8.02. The number of aromatic nitrogens is 4. The molecule has 9 nitrogen and oxygen atoms in total. The lowest BCUT2D eigenvalue weighted by atomic mass is 10.1. The van der Waals surface area contributed by atoms with Crippen molar-refractivity contribution in [2.45, 2.75) is 10.5 Å². The molecular formula is C11H12N6O3S3. The number of carboxylic acid groups (broad SMARTS) is 1. The van der Waals surface area contributed by atoms with Gasteiger partial charge in [0.1, 0.15) is 16.8 Å². The number of fused-ring (bicyclic) bond motifs is 1. The average molecular weight is 372 g/mol. The van der Waals surface area contributed by atoms with Gasteiger partial charge in [0.05, 0.1) is 0 Å². The Labute approximate surface area is 144 Å². The minimum atomic E-state index is -1.10. The van der Waals surface area contributed by atoms with Crippen LogP contribution in [0.3, 0.4) is 0 Å². The van der Waals surface area contributed by atoms with Gasteiger partial charge in [-0.1, -0.05) is 11.8 Å². The van der Waals surface area contributed by atoms with Gasteiger partial charge in [0.15, 0.2) is 0 Å². The van der Waals surface area contributed by atoms with Crippen molar-refractivity contribution in [3.8, 4) is 0 Å². The first kappa shape index (κ1) is 16.3. The van der Waals surface area contributed by atoms with E-state index in [0.717, 1.165) is 0 Å². The molecule has 1 N–H and O–H groups in total. The van der Waals surface area contributed by atoms with Gasteiger partial charge in [-0.15, -0.1) is 16.9 Å². The van der Waals surface area contributed by atoms with E-state index in [-0.39, 0.29) is 17.0 Å². The zero-order valence-corrected chi connectivity index (χ0v) is 14.6. The van der Waals surface area contributed by atoms with Crippen molar-refractivity contribution in [1.82, 2.24) is 25.1 Å². The molecule has 1 saturated heterocycles. The van der Waals surface area contributed by atoms with E-state index in [0.29, 0.717) is 27.9 Å². The van der Waals surface area contributed by atoms with Gasteiger partial charge in [0.25, 0.3) is 5.91 Å². The number of nitrogens with zero attached hydrogens (tertiary/aromatic N) is 6. The van der Waals surface area contributed by atoms with E-state index in [9.17, 15) is 14.7 Å². The Kier molecular flexibility index (Phi) is 4.64. The van der Waals surface area contributed by atoms with Crippen molar-refractivity contribution in [3.05, 3.63) is 11.3 Å². The Hall–Kier alpha value is -1.53. The molecule has 1 aromatic heterocycles. The van der Waals surface area contributed by atoms with Crippen LogP contribution >= 0.6 is 35.5 Å². The van der Waals surface area contributed by atoms with Crippen LogP contribution in [-0.2, 0) is 16.6 Å². The van der Waals surface area contributed by atoms with Crippen LogP contribution in [0.1, 0.15) is 0 Å². The number of aliphatic carboxylic acids is 1. The maximum Gasteiger partial charge on any atom is 0.352 e. The molecule has 1 aromatic rings. The number of carbonyl (C=O) groups excluding carboxylic acids is 1. The van der Waals surface area contributed by atoms with Crippen LogP contribution in [0.4, 0.5) is 0 Å². The van der Waals surface area contributed by atoms with Crippen LogP contribution in [-0.4, -0.2) is 70.9 Å². The third-order valence-corrected chi connectivity index (χ3v) is 5.99. The summed E-state index contributed by atoms with van der Waals surface area (Å²) in [6, 6.07) is 0. The zero-order chi connectivity index (χ0) is 16.6. The van der Waals surface area contributed by atoms with Crippen molar-refractivity contribution in [3.63, 3.8) is 0 Å². The van der Waals surface area contributed by atoms with Crippen LogP contribution in [0, 0.1) is 0 Å². The first-order valence-corrected chi connectivity index (χ1v) is 9.63. The number of tetrazole rings is 1. The first-order chi connectivity index (χ1) is 11.0. The van der Waals surface area contributed by atoms with Crippen molar-refractivity contribution < 1.29 is 14.7 Å². The molecule has 2 aliphatic rings. The lowest BCUT2D eigenvalue weighted by Crippen LogP contribution is -2.62. The normalized spacial score (nSPS) is 22.3. The Bertz CT molecular complexity index is 730. The van der Waals surface area contributed by atoms with E-state index in [1.165, 1.54) is 45.1 Å². The van der Waals surface area contributed by atoms with Gasteiger partial charge in [0, 0.05) is 24.8 Å². The Morgan fingerprint density at radius 1 is 1.57 bits per heavy atom. The van der Waals surface area contributed by atoms with Crippen LogP contribution < -0.4 is 0 Å². The van der Waals surface area contributed by atoms with Gasteiger partial charge >= 0.3 is 5.97 Å². The Morgan fingerprint density at radius 2 is 2.35 bits per heavy atom. The quantitative estimate of drug-likeness (QED) is 0.442. The fourth-order valence-corrected chi connectivity index (χ4v) is 4.91. The van der Waals surface area contributed by atoms with Crippen LogP contribution in [0.2, 0.25) is 0 Å². The van der Waals surface area contributed by atoms with Gasteiger partial charge in [-0.2, -0.15) is 0 Å². The maximum absolute atomic E-state index is 12.2. The van der Waals surface area contributed by atoms with Crippen molar-refractivity contribution in [2.24, 2.45) is 11.4 Å². The zero-order valence-electron chi connectivity index (χ0n) is 12.2. The second kappa shape index (κ2) is 6.53. The molecule has 1 atom stereocenters. The number of amides is 1. The van der Waals surface area contributed by atoms with E-state index in [2.05, 4.69) is 19.9 Å². The molecule has 122 valence electrons. The van der Waals surface area contributed by atoms with E-state index >= 15 is 0 Å². The predicted molar refractivity (Wildman–Crippen MR) is 88.2 cm³/mol. The highest BCUT2D eigenvalue weighted by atomic mass is 32.2. The summed E-state index contributed by atoms with van der Waals surface area (Å²) in [5.41, 5.74) is 1.16. The first-order valence-electron chi connectivity index (χ1n) is 6.41. The van der Waals surface area contributed by atoms with E-state index in [1.807, 2.05) is 0 Å².